The van der Waals surface area contributed by atoms with Crippen LogP contribution >= 0.6 is 23.2 Å². The van der Waals surface area contributed by atoms with Crippen molar-refractivity contribution in [1.29, 1.82) is 0 Å². The second-order valence-corrected chi connectivity index (χ2v) is 6.46. The number of amides is 3. The van der Waals surface area contributed by atoms with Gasteiger partial charge in [0.1, 0.15) is 0 Å². The highest BCUT2D eigenvalue weighted by molar-refractivity contribution is 6.36. The minimum atomic E-state index is -0.492. The summed E-state index contributed by atoms with van der Waals surface area (Å²) in [4.78, 5) is 35.1. The molecule has 0 atom stereocenters. The highest BCUT2D eigenvalue weighted by atomic mass is 35.5. The number of hydrogen-bond donors (Lipinski definition) is 3. The lowest BCUT2D eigenvalue weighted by Gasteiger charge is -2.09. The lowest BCUT2D eigenvalue weighted by Crippen LogP contribution is -2.42. The third kappa shape index (κ3) is 7.66. The van der Waals surface area contributed by atoms with E-state index in [1.165, 1.54) is 18.2 Å². The molecule has 1 aromatic carbocycles. The number of benzene rings is 1. The van der Waals surface area contributed by atoms with Gasteiger partial charge >= 0.3 is 0 Å². The number of rotatable bonds is 8. The van der Waals surface area contributed by atoms with Gasteiger partial charge in [-0.1, -0.05) is 37.0 Å². The molecule has 3 N–H and O–H groups in total. The van der Waals surface area contributed by atoms with Crippen LogP contribution in [0, 0.1) is 5.92 Å². The van der Waals surface area contributed by atoms with Crippen molar-refractivity contribution < 1.29 is 14.4 Å². The van der Waals surface area contributed by atoms with Gasteiger partial charge in [-0.2, -0.15) is 0 Å². The molecule has 0 saturated heterocycles. The third-order valence-corrected chi connectivity index (χ3v) is 3.62. The Kier molecular flexibility index (Phi) is 8.57. The molecule has 1 aromatic rings. The molecule has 0 bridgehead atoms. The van der Waals surface area contributed by atoms with Crippen LogP contribution < -0.4 is 16.0 Å². The van der Waals surface area contributed by atoms with Gasteiger partial charge in [0.2, 0.25) is 11.8 Å². The first-order chi connectivity index (χ1) is 11.3. The van der Waals surface area contributed by atoms with Crippen LogP contribution in [0.3, 0.4) is 0 Å². The summed E-state index contributed by atoms with van der Waals surface area (Å²) in [5.41, 5.74) is 0.222. The Labute approximate surface area is 151 Å². The van der Waals surface area contributed by atoms with Gasteiger partial charge in [0.05, 0.1) is 23.7 Å². The molecule has 0 fully saturated rings. The van der Waals surface area contributed by atoms with Crippen molar-refractivity contribution in [1.82, 2.24) is 16.0 Å². The van der Waals surface area contributed by atoms with E-state index in [2.05, 4.69) is 29.8 Å². The van der Waals surface area contributed by atoms with Crippen molar-refractivity contribution in [2.45, 2.75) is 20.3 Å². The summed E-state index contributed by atoms with van der Waals surface area (Å²) >= 11 is 11.7. The van der Waals surface area contributed by atoms with Gasteiger partial charge in [0.25, 0.3) is 5.91 Å². The Bertz CT molecular complexity index is 606. The van der Waals surface area contributed by atoms with E-state index in [0.29, 0.717) is 17.5 Å². The van der Waals surface area contributed by atoms with Crippen molar-refractivity contribution in [3.05, 3.63) is 33.8 Å². The molecule has 132 valence electrons. The van der Waals surface area contributed by atoms with E-state index in [1.54, 1.807) is 0 Å². The van der Waals surface area contributed by atoms with Gasteiger partial charge in [0, 0.05) is 11.6 Å². The lowest BCUT2D eigenvalue weighted by atomic mass is 10.1. The molecule has 0 aliphatic carbocycles. The predicted octanol–water partition coefficient (Wildman–Crippen LogP) is 2.00. The Morgan fingerprint density at radius 2 is 1.62 bits per heavy atom. The average Bonchev–Trinajstić information content (AvgIpc) is 2.50. The highest BCUT2D eigenvalue weighted by Crippen LogP contribution is 2.20. The van der Waals surface area contributed by atoms with Crippen LogP contribution in [0.1, 0.15) is 30.6 Å². The van der Waals surface area contributed by atoms with E-state index in [4.69, 9.17) is 23.2 Å². The van der Waals surface area contributed by atoms with Crippen molar-refractivity contribution in [2.75, 3.05) is 19.6 Å². The molecule has 8 heteroatoms. The van der Waals surface area contributed by atoms with Crippen LogP contribution in [-0.2, 0) is 9.59 Å². The predicted molar refractivity (Wildman–Crippen MR) is 94.3 cm³/mol. The topological polar surface area (TPSA) is 87.3 Å². The quantitative estimate of drug-likeness (QED) is 0.651. The van der Waals surface area contributed by atoms with Gasteiger partial charge in [-0.15, -0.1) is 0 Å². The molecule has 0 radical (unpaired) electrons. The minimum absolute atomic E-state index is 0.130. The molecule has 6 nitrogen and oxygen atoms in total. The van der Waals surface area contributed by atoms with Crippen molar-refractivity contribution >= 4 is 40.9 Å². The standard InChI is InChI=1S/C16H21Cl2N3O3/c1-10(2)5-6-19-14(22)8-20-15(23)9-21-16(24)12-4-3-11(17)7-13(12)18/h3-4,7,10H,5-6,8-9H2,1-2H3,(H,19,22)(H,20,23)(H,21,24). The first-order valence-corrected chi connectivity index (χ1v) is 8.32. The fourth-order valence-electron chi connectivity index (χ4n) is 1.73. The summed E-state index contributed by atoms with van der Waals surface area (Å²) < 4.78 is 0. The van der Waals surface area contributed by atoms with Gasteiger partial charge in [0.15, 0.2) is 0 Å². The van der Waals surface area contributed by atoms with Crippen LogP contribution in [0.2, 0.25) is 10.0 Å². The third-order valence-electron chi connectivity index (χ3n) is 3.08. The molecule has 0 aromatic heterocycles. The van der Waals surface area contributed by atoms with E-state index in [9.17, 15) is 14.4 Å². The summed E-state index contributed by atoms with van der Waals surface area (Å²) in [5, 5.41) is 8.18. The molecule has 0 heterocycles. The molecule has 0 unspecified atom stereocenters. The van der Waals surface area contributed by atoms with E-state index < -0.39 is 11.8 Å². The van der Waals surface area contributed by atoms with Gasteiger partial charge < -0.3 is 16.0 Å². The molecular weight excluding hydrogens is 353 g/mol. The van der Waals surface area contributed by atoms with Crippen molar-refractivity contribution in [3.63, 3.8) is 0 Å². The Morgan fingerprint density at radius 3 is 2.25 bits per heavy atom. The molecular formula is C16H21Cl2N3O3. The van der Waals surface area contributed by atoms with Crippen molar-refractivity contribution in [2.24, 2.45) is 5.92 Å². The van der Waals surface area contributed by atoms with Crippen LogP contribution in [-0.4, -0.2) is 37.4 Å². The zero-order chi connectivity index (χ0) is 18.1. The summed E-state index contributed by atoms with van der Waals surface area (Å²) in [7, 11) is 0. The van der Waals surface area contributed by atoms with Crippen molar-refractivity contribution in [3.8, 4) is 0 Å². The summed E-state index contributed by atoms with van der Waals surface area (Å²) in [6.07, 6.45) is 0.873. The maximum Gasteiger partial charge on any atom is 0.253 e. The fourth-order valence-corrected chi connectivity index (χ4v) is 2.23. The average molecular weight is 374 g/mol. The first-order valence-electron chi connectivity index (χ1n) is 7.56. The number of nitrogens with one attached hydrogen (secondary N) is 3. The molecule has 0 aliphatic heterocycles. The monoisotopic (exact) mass is 373 g/mol. The fraction of sp³-hybridized carbons (Fsp3) is 0.438. The zero-order valence-corrected chi connectivity index (χ0v) is 15.1. The Morgan fingerprint density at radius 1 is 1.00 bits per heavy atom. The smallest absolute Gasteiger partial charge is 0.253 e. The summed E-state index contributed by atoms with van der Waals surface area (Å²) in [6.45, 7) is 4.30. The minimum Gasteiger partial charge on any atom is -0.355 e. The summed E-state index contributed by atoms with van der Waals surface area (Å²) in [5.74, 6) is -0.730. The number of carbonyl (C=O) groups is 3. The number of halogens is 2. The van der Waals surface area contributed by atoms with Crippen LogP contribution in [0.4, 0.5) is 0 Å². The van der Waals surface area contributed by atoms with Gasteiger partial charge in [-0.3, -0.25) is 14.4 Å². The van der Waals surface area contributed by atoms with E-state index in [1.807, 2.05) is 0 Å². The zero-order valence-electron chi connectivity index (χ0n) is 13.6. The second-order valence-electron chi connectivity index (χ2n) is 5.62. The maximum atomic E-state index is 11.9. The van der Waals surface area contributed by atoms with Crippen LogP contribution in [0.25, 0.3) is 0 Å². The van der Waals surface area contributed by atoms with E-state index >= 15 is 0 Å². The van der Waals surface area contributed by atoms with Gasteiger partial charge in [-0.25, -0.2) is 0 Å². The normalized spacial score (nSPS) is 10.4. The van der Waals surface area contributed by atoms with E-state index in [-0.39, 0.29) is 29.6 Å². The van der Waals surface area contributed by atoms with E-state index in [0.717, 1.165) is 6.42 Å². The molecule has 0 spiro atoms. The molecule has 24 heavy (non-hydrogen) atoms. The molecule has 0 saturated carbocycles. The van der Waals surface area contributed by atoms with Gasteiger partial charge in [-0.05, 0) is 30.5 Å². The molecule has 3 amide bonds. The first kappa shape index (κ1) is 20.3. The maximum absolute atomic E-state index is 11.9. The number of carbonyl (C=O) groups excluding carboxylic acids is 3. The SMILES string of the molecule is CC(C)CCNC(=O)CNC(=O)CNC(=O)c1ccc(Cl)cc1Cl. The Hall–Kier alpha value is -1.79. The summed E-state index contributed by atoms with van der Waals surface area (Å²) in [6, 6.07) is 4.45. The largest absolute Gasteiger partial charge is 0.355 e. The molecule has 0 aliphatic rings. The highest BCUT2D eigenvalue weighted by Gasteiger charge is 2.12. The van der Waals surface area contributed by atoms with Crippen LogP contribution in [0.5, 0.6) is 0 Å². The second kappa shape index (κ2) is 10.2. The van der Waals surface area contributed by atoms with Crippen LogP contribution in [0.15, 0.2) is 18.2 Å². The molecule has 1 rings (SSSR count). The lowest BCUT2D eigenvalue weighted by molar-refractivity contribution is -0.125. The Balaban J connectivity index is 2.30. The number of hydrogen-bond acceptors (Lipinski definition) is 3.